The average molecular weight is 350 g/mol. The Labute approximate surface area is 152 Å². The van der Waals surface area contributed by atoms with Gasteiger partial charge in [-0.1, -0.05) is 18.2 Å². The van der Waals surface area contributed by atoms with Gasteiger partial charge in [0.15, 0.2) is 0 Å². The molecule has 1 aliphatic carbocycles. The monoisotopic (exact) mass is 350 g/mol. The van der Waals surface area contributed by atoms with Gasteiger partial charge in [0, 0.05) is 18.8 Å². The fourth-order valence-corrected chi connectivity index (χ4v) is 3.05. The number of pyridine rings is 1. The van der Waals surface area contributed by atoms with E-state index in [0.29, 0.717) is 19.1 Å². The molecule has 134 valence electrons. The zero-order chi connectivity index (χ0) is 17.9. The first-order valence-electron chi connectivity index (χ1n) is 8.83. The number of hydrogen-bond acceptors (Lipinski definition) is 3. The van der Waals surface area contributed by atoms with Gasteiger partial charge in [-0.3, -0.25) is 0 Å². The second-order valence-corrected chi connectivity index (χ2v) is 6.54. The number of carbonyl (C=O) groups excluding carboxylic acids is 1. The summed E-state index contributed by atoms with van der Waals surface area (Å²) in [7, 11) is 1.64. The Morgan fingerprint density at radius 1 is 1.27 bits per heavy atom. The van der Waals surface area contributed by atoms with Crippen molar-refractivity contribution < 1.29 is 9.53 Å². The SMILES string of the molecule is COc1ccc(CNC(=O)N(Cc2cnc3ccccn23)C2CC2)cc1. The number of hydrogen-bond donors (Lipinski definition) is 1. The summed E-state index contributed by atoms with van der Waals surface area (Å²) in [6.45, 7) is 1.06. The second kappa shape index (κ2) is 7.07. The van der Waals surface area contributed by atoms with Crippen molar-refractivity contribution in [2.24, 2.45) is 0 Å². The lowest BCUT2D eigenvalue weighted by atomic mass is 10.2. The molecule has 1 N–H and O–H groups in total. The normalized spacial score (nSPS) is 13.6. The van der Waals surface area contributed by atoms with Crippen molar-refractivity contribution in [1.29, 1.82) is 0 Å². The molecule has 2 amide bonds. The van der Waals surface area contributed by atoms with Crippen LogP contribution in [-0.2, 0) is 13.1 Å². The molecule has 0 saturated heterocycles. The summed E-state index contributed by atoms with van der Waals surface area (Å²) in [6, 6.07) is 13.9. The van der Waals surface area contributed by atoms with E-state index in [0.717, 1.165) is 35.5 Å². The van der Waals surface area contributed by atoms with E-state index in [1.165, 1.54) is 0 Å². The predicted octanol–water partition coefficient (Wildman–Crippen LogP) is 3.22. The number of imidazole rings is 1. The Bertz CT molecular complexity index is 900. The van der Waals surface area contributed by atoms with Crippen LogP contribution in [0.25, 0.3) is 5.65 Å². The van der Waals surface area contributed by atoms with Crippen molar-refractivity contribution in [1.82, 2.24) is 19.6 Å². The highest BCUT2D eigenvalue weighted by Crippen LogP contribution is 2.28. The van der Waals surface area contributed by atoms with Crippen LogP contribution in [0.3, 0.4) is 0 Å². The van der Waals surface area contributed by atoms with Crippen molar-refractivity contribution in [2.75, 3.05) is 7.11 Å². The fourth-order valence-electron chi connectivity index (χ4n) is 3.05. The molecule has 0 radical (unpaired) electrons. The maximum atomic E-state index is 12.7. The molecule has 1 saturated carbocycles. The lowest BCUT2D eigenvalue weighted by Crippen LogP contribution is -2.40. The smallest absolute Gasteiger partial charge is 0.318 e. The van der Waals surface area contributed by atoms with E-state index in [1.807, 2.05) is 64.2 Å². The Morgan fingerprint density at radius 2 is 2.08 bits per heavy atom. The lowest BCUT2D eigenvalue weighted by Gasteiger charge is -2.22. The Morgan fingerprint density at radius 3 is 2.81 bits per heavy atom. The molecule has 0 spiro atoms. The first-order chi connectivity index (χ1) is 12.7. The summed E-state index contributed by atoms with van der Waals surface area (Å²) in [5, 5.41) is 3.03. The van der Waals surface area contributed by atoms with Crippen LogP contribution in [0.15, 0.2) is 54.9 Å². The van der Waals surface area contributed by atoms with Gasteiger partial charge in [-0.25, -0.2) is 9.78 Å². The molecule has 1 fully saturated rings. The highest BCUT2D eigenvalue weighted by atomic mass is 16.5. The number of carbonyl (C=O) groups is 1. The molecule has 0 atom stereocenters. The molecule has 6 nitrogen and oxygen atoms in total. The maximum absolute atomic E-state index is 12.7. The number of amides is 2. The third kappa shape index (κ3) is 3.49. The van der Waals surface area contributed by atoms with Gasteiger partial charge >= 0.3 is 6.03 Å². The van der Waals surface area contributed by atoms with E-state index in [-0.39, 0.29) is 6.03 Å². The van der Waals surface area contributed by atoms with Crippen LogP contribution in [0, 0.1) is 0 Å². The van der Waals surface area contributed by atoms with Gasteiger partial charge in [-0.15, -0.1) is 0 Å². The molecular weight excluding hydrogens is 328 g/mol. The van der Waals surface area contributed by atoms with Crippen LogP contribution in [0.5, 0.6) is 5.75 Å². The lowest BCUT2D eigenvalue weighted by molar-refractivity contribution is 0.190. The molecule has 4 rings (SSSR count). The van der Waals surface area contributed by atoms with Crippen molar-refractivity contribution in [3.8, 4) is 5.75 Å². The zero-order valence-corrected chi connectivity index (χ0v) is 14.8. The van der Waals surface area contributed by atoms with E-state index in [9.17, 15) is 4.79 Å². The number of benzene rings is 1. The van der Waals surface area contributed by atoms with E-state index >= 15 is 0 Å². The summed E-state index contributed by atoms with van der Waals surface area (Å²) in [5.41, 5.74) is 2.97. The summed E-state index contributed by atoms with van der Waals surface area (Å²) in [6.07, 6.45) is 5.96. The van der Waals surface area contributed by atoms with Crippen LogP contribution < -0.4 is 10.1 Å². The van der Waals surface area contributed by atoms with Crippen LogP contribution >= 0.6 is 0 Å². The van der Waals surface area contributed by atoms with E-state index < -0.39 is 0 Å². The number of nitrogens with zero attached hydrogens (tertiary/aromatic N) is 3. The first-order valence-corrected chi connectivity index (χ1v) is 8.83. The first kappa shape index (κ1) is 16.4. The Balaban J connectivity index is 1.43. The van der Waals surface area contributed by atoms with Gasteiger partial charge in [-0.2, -0.15) is 0 Å². The number of methoxy groups -OCH3 is 1. The summed E-state index contributed by atoms with van der Waals surface area (Å²) in [5.74, 6) is 0.812. The molecule has 6 heteroatoms. The number of ether oxygens (including phenoxy) is 1. The fraction of sp³-hybridized carbons (Fsp3) is 0.300. The van der Waals surface area contributed by atoms with Gasteiger partial charge in [0.25, 0.3) is 0 Å². The summed E-state index contributed by atoms with van der Waals surface area (Å²) < 4.78 is 7.20. The average Bonchev–Trinajstić information content (AvgIpc) is 3.45. The van der Waals surface area contributed by atoms with Gasteiger partial charge in [0.1, 0.15) is 11.4 Å². The molecule has 3 aromatic rings. The minimum atomic E-state index is -0.0331. The van der Waals surface area contributed by atoms with E-state index in [4.69, 9.17) is 4.74 Å². The van der Waals surface area contributed by atoms with Crippen LogP contribution in [-0.4, -0.2) is 33.5 Å². The highest BCUT2D eigenvalue weighted by molar-refractivity contribution is 5.75. The molecular formula is C20H22N4O2. The molecule has 0 bridgehead atoms. The van der Waals surface area contributed by atoms with Crippen molar-refractivity contribution in [2.45, 2.75) is 32.0 Å². The third-order valence-electron chi connectivity index (χ3n) is 4.68. The predicted molar refractivity (Wildman–Crippen MR) is 99.0 cm³/mol. The summed E-state index contributed by atoms with van der Waals surface area (Å²) in [4.78, 5) is 19.1. The zero-order valence-electron chi connectivity index (χ0n) is 14.8. The highest BCUT2D eigenvalue weighted by Gasteiger charge is 2.33. The largest absolute Gasteiger partial charge is 0.497 e. The van der Waals surface area contributed by atoms with Gasteiger partial charge in [0.2, 0.25) is 0 Å². The van der Waals surface area contributed by atoms with Gasteiger partial charge in [0.05, 0.1) is 25.5 Å². The number of fused-ring (bicyclic) bond motifs is 1. The molecule has 0 aliphatic heterocycles. The van der Waals surface area contributed by atoms with Crippen LogP contribution in [0.2, 0.25) is 0 Å². The molecule has 26 heavy (non-hydrogen) atoms. The molecule has 2 aromatic heterocycles. The maximum Gasteiger partial charge on any atom is 0.318 e. The minimum absolute atomic E-state index is 0.0331. The summed E-state index contributed by atoms with van der Waals surface area (Å²) >= 11 is 0. The van der Waals surface area contributed by atoms with Gasteiger partial charge in [-0.05, 0) is 42.7 Å². The quantitative estimate of drug-likeness (QED) is 0.743. The van der Waals surface area contributed by atoms with Crippen molar-refractivity contribution in [3.05, 3.63) is 66.1 Å². The topological polar surface area (TPSA) is 58.9 Å². The van der Waals surface area contributed by atoms with Crippen molar-refractivity contribution >= 4 is 11.7 Å². The molecule has 1 aromatic carbocycles. The standard InChI is InChI=1S/C20H22N4O2/c1-26-18-9-5-15(6-10-18)12-22-20(25)24(16-7-8-16)14-17-13-21-19-4-2-3-11-23(17)19/h2-6,9-11,13,16H,7-8,12,14H2,1H3,(H,22,25). The molecule has 2 heterocycles. The number of rotatable bonds is 6. The Hall–Kier alpha value is -3.02. The van der Waals surface area contributed by atoms with Crippen molar-refractivity contribution in [3.63, 3.8) is 0 Å². The van der Waals surface area contributed by atoms with E-state index in [1.54, 1.807) is 7.11 Å². The second-order valence-electron chi connectivity index (χ2n) is 6.54. The Kier molecular flexibility index (Phi) is 4.48. The number of aromatic nitrogens is 2. The molecule has 0 unspecified atom stereocenters. The molecule has 1 aliphatic rings. The van der Waals surface area contributed by atoms with Crippen LogP contribution in [0.1, 0.15) is 24.1 Å². The number of nitrogens with one attached hydrogen (secondary N) is 1. The minimum Gasteiger partial charge on any atom is -0.497 e. The van der Waals surface area contributed by atoms with Gasteiger partial charge < -0.3 is 19.4 Å². The number of urea groups is 1. The van der Waals surface area contributed by atoms with Crippen LogP contribution in [0.4, 0.5) is 4.79 Å². The third-order valence-corrected chi connectivity index (χ3v) is 4.68. The van der Waals surface area contributed by atoms with E-state index in [2.05, 4.69) is 10.3 Å².